The molecule has 1 fully saturated rings. The van der Waals surface area contributed by atoms with Crippen LogP contribution in [0.2, 0.25) is 0 Å². The molecule has 0 unspecified atom stereocenters. The Balaban J connectivity index is 1.43. The van der Waals surface area contributed by atoms with Crippen LogP contribution >= 0.6 is 0 Å². The SMILES string of the molecule is CCCCN1C(=O)C[C@@H](C(=O)OCC(=O)N2CCC(c3ccccc3)=N2)[C@@H]1c1ccc(OC)cc1. The molecule has 2 aromatic carbocycles. The summed E-state index contributed by atoms with van der Waals surface area (Å²) in [7, 11) is 1.59. The Kier molecular flexibility index (Phi) is 7.80. The second-order valence-corrected chi connectivity index (χ2v) is 8.76. The highest BCUT2D eigenvalue weighted by Gasteiger charge is 2.45. The number of carbonyl (C=O) groups is 3. The Morgan fingerprint density at radius 2 is 1.83 bits per heavy atom. The zero-order chi connectivity index (χ0) is 24.8. The van der Waals surface area contributed by atoms with Gasteiger partial charge in [0.15, 0.2) is 6.61 Å². The number of benzene rings is 2. The highest BCUT2D eigenvalue weighted by atomic mass is 16.5. The van der Waals surface area contributed by atoms with E-state index in [1.54, 1.807) is 12.0 Å². The van der Waals surface area contributed by atoms with Crippen LogP contribution in [0.5, 0.6) is 5.75 Å². The summed E-state index contributed by atoms with van der Waals surface area (Å²) in [6.07, 6.45) is 2.49. The number of unbranched alkanes of at least 4 members (excludes halogenated alkanes) is 1. The molecule has 2 aliphatic heterocycles. The lowest BCUT2D eigenvalue weighted by Crippen LogP contribution is -2.33. The van der Waals surface area contributed by atoms with Gasteiger partial charge >= 0.3 is 5.97 Å². The van der Waals surface area contributed by atoms with Crippen molar-refractivity contribution in [3.05, 3.63) is 65.7 Å². The zero-order valence-corrected chi connectivity index (χ0v) is 20.2. The first-order chi connectivity index (χ1) is 17.0. The first-order valence-electron chi connectivity index (χ1n) is 12.0. The van der Waals surface area contributed by atoms with Gasteiger partial charge in [-0.15, -0.1) is 0 Å². The number of methoxy groups -OCH3 is 1. The number of carbonyl (C=O) groups excluding carboxylic acids is 3. The van der Waals surface area contributed by atoms with Gasteiger partial charge in [0.2, 0.25) is 5.91 Å². The number of amides is 2. The predicted molar refractivity (Wildman–Crippen MR) is 131 cm³/mol. The lowest BCUT2D eigenvalue weighted by Gasteiger charge is -2.28. The molecule has 2 aliphatic rings. The lowest BCUT2D eigenvalue weighted by molar-refractivity contribution is -0.156. The van der Waals surface area contributed by atoms with Crippen LogP contribution in [0.4, 0.5) is 0 Å². The van der Waals surface area contributed by atoms with Gasteiger partial charge in [0, 0.05) is 19.4 Å². The summed E-state index contributed by atoms with van der Waals surface area (Å²) in [6.45, 7) is 2.67. The Hall–Kier alpha value is -3.68. The average molecular weight is 478 g/mol. The van der Waals surface area contributed by atoms with Crippen molar-refractivity contribution in [1.29, 1.82) is 0 Å². The number of esters is 1. The number of hydrogen-bond donors (Lipinski definition) is 0. The summed E-state index contributed by atoms with van der Waals surface area (Å²) in [4.78, 5) is 40.4. The largest absolute Gasteiger partial charge is 0.497 e. The van der Waals surface area contributed by atoms with Gasteiger partial charge in [-0.05, 0) is 29.7 Å². The average Bonchev–Trinajstić information content (AvgIpc) is 3.51. The van der Waals surface area contributed by atoms with Crippen molar-refractivity contribution in [3.8, 4) is 5.75 Å². The van der Waals surface area contributed by atoms with E-state index in [0.29, 0.717) is 25.3 Å². The lowest BCUT2D eigenvalue weighted by atomic mass is 9.93. The van der Waals surface area contributed by atoms with Crippen molar-refractivity contribution in [2.45, 2.75) is 38.6 Å². The minimum Gasteiger partial charge on any atom is -0.497 e. The summed E-state index contributed by atoms with van der Waals surface area (Å²) in [5.74, 6) is -0.980. The van der Waals surface area contributed by atoms with Gasteiger partial charge < -0.3 is 14.4 Å². The Morgan fingerprint density at radius 3 is 2.51 bits per heavy atom. The number of hydrogen-bond acceptors (Lipinski definition) is 6. The van der Waals surface area contributed by atoms with Crippen molar-refractivity contribution in [2.75, 3.05) is 26.8 Å². The molecule has 2 amide bonds. The second-order valence-electron chi connectivity index (χ2n) is 8.76. The monoisotopic (exact) mass is 477 g/mol. The zero-order valence-electron chi connectivity index (χ0n) is 20.2. The van der Waals surface area contributed by atoms with E-state index in [0.717, 1.165) is 29.7 Å². The quantitative estimate of drug-likeness (QED) is 0.515. The van der Waals surface area contributed by atoms with Gasteiger partial charge in [-0.25, -0.2) is 5.01 Å². The fourth-order valence-electron chi connectivity index (χ4n) is 4.59. The molecule has 8 heteroatoms. The third kappa shape index (κ3) is 5.53. The number of ether oxygens (including phenoxy) is 2. The van der Waals surface area contributed by atoms with Crippen molar-refractivity contribution in [2.24, 2.45) is 11.0 Å². The maximum atomic E-state index is 13.1. The van der Waals surface area contributed by atoms with Crippen molar-refractivity contribution < 1.29 is 23.9 Å². The standard InChI is InChI=1S/C27H31N3O5/c1-3-4-15-29-24(31)17-22(26(29)20-10-12-21(34-2)13-11-20)27(33)35-18-25(32)30-16-14-23(28-30)19-8-6-5-7-9-19/h5-13,22,26H,3-4,14-18H2,1-2H3/t22-,26+/m1/s1. The molecule has 0 aromatic heterocycles. The maximum absolute atomic E-state index is 13.1. The minimum absolute atomic E-state index is 0.0630. The van der Waals surface area contributed by atoms with E-state index in [2.05, 4.69) is 12.0 Å². The number of rotatable bonds is 9. The third-order valence-electron chi connectivity index (χ3n) is 6.48. The molecule has 2 atom stereocenters. The Labute approximate surface area is 205 Å². The smallest absolute Gasteiger partial charge is 0.312 e. The second kappa shape index (κ2) is 11.2. The highest BCUT2D eigenvalue weighted by molar-refractivity contribution is 6.02. The van der Waals surface area contributed by atoms with E-state index in [1.165, 1.54) is 5.01 Å². The summed E-state index contributed by atoms with van der Waals surface area (Å²) >= 11 is 0. The van der Waals surface area contributed by atoms with Gasteiger partial charge in [-0.2, -0.15) is 5.10 Å². The van der Waals surface area contributed by atoms with Crippen LogP contribution in [-0.4, -0.2) is 60.2 Å². The molecule has 0 spiro atoms. The third-order valence-corrected chi connectivity index (χ3v) is 6.48. The topological polar surface area (TPSA) is 88.5 Å². The molecule has 0 saturated carbocycles. The van der Waals surface area contributed by atoms with Gasteiger partial charge in [0.1, 0.15) is 5.75 Å². The number of hydrazone groups is 1. The molecule has 4 rings (SSSR count). The van der Waals surface area contributed by atoms with Crippen LogP contribution in [-0.2, 0) is 19.1 Å². The number of likely N-dealkylation sites (tertiary alicyclic amines) is 1. The summed E-state index contributed by atoms with van der Waals surface area (Å²) < 4.78 is 10.7. The van der Waals surface area contributed by atoms with Crippen LogP contribution in [0.15, 0.2) is 59.7 Å². The Morgan fingerprint density at radius 1 is 1.09 bits per heavy atom. The number of nitrogens with zero attached hydrogens (tertiary/aromatic N) is 3. The summed E-state index contributed by atoms with van der Waals surface area (Å²) in [5.41, 5.74) is 2.65. The van der Waals surface area contributed by atoms with Gasteiger partial charge in [0.05, 0.1) is 31.3 Å². The molecule has 2 heterocycles. The molecule has 2 aromatic rings. The molecule has 0 N–H and O–H groups in total. The van der Waals surface area contributed by atoms with Crippen LogP contribution in [0.1, 0.15) is 49.8 Å². The van der Waals surface area contributed by atoms with Gasteiger partial charge in [0.25, 0.3) is 5.91 Å². The van der Waals surface area contributed by atoms with Crippen molar-refractivity contribution >= 4 is 23.5 Å². The molecule has 1 saturated heterocycles. The van der Waals surface area contributed by atoms with Crippen molar-refractivity contribution in [1.82, 2.24) is 9.91 Å². The fourth-order valence-corrected chi connectivity index (χ4v) is 4.59. The predicted octanol–water partition coefficient (Wildman–Crippen LogP) is 3.56. The van der Waals surface area contributed by atoms with E-state index in [9.17, 15) is 14.4 Å². The van der Waals surface area contributed by atoms with Crippen LogP contribution in [0, 0.1) is 5.92 Å². The highest BCUT2D eigenvalue weighted by Crippen LogP contribution is 2.39. The molecular formula is C27H31N3O5. The van der Waals surface area contributed by atoms with E-state index >= 15 is 0 Å². The normalized spacial score (nSPS) is 19.6. The van der Waals surface area contributed by atoms with Crippen LogP contribution in [0.3, 0.4) is 0 Å². The minimum atomic E-state index is -0.678. The molecule has 0 bridgehead atoms. The molecule has 35 heavy (non-hydrogen) atoms. The molecule has 8 nitrogen and oxygen atoms in total. The van der Waals surface area contributed by atoms with E-state index in [1.807, 2.05) is 54.6 Å². The summed E-state index contributed by atoms with van der Waals surface area (Å²) in [5, 5.41) is 5.76. The van der Waals surface area contributed by atoms with E-state index < -0.39 is 24.5 Å². The van der Waals surface area contributed by atoms with Crippen LogP contribution in [0.25, 0.3) is 0 Å². The van der Waals surface area contributed by atoms with E-state index in [-0.39, 0.29) is 18.2 Å². The molecular weight excluding hydrogens is 446 g/mol. The summed E-state index contributed by atoms with van der Waals surface area (Å²) in [6, 6.07) is 16.6. The van der Waals surface area contributed by atoms with Crippen LogP contribution < -0.4 is 4.74 Å². The Bertz CT molecular complexity index is 1080. The molecule has 0 aliphatic carbocycles. The van der Waals surface area contributed by atoms with Gasteiger partial charge in [-0.1, -0.05) is 55.8 Å². The first-order valence-corrected chi connectivity index (χ1v) is 12.0. The van der Waals surface area contributed by atoms with Gasteiger partial charge in [-0.3, -0.25) is 14.4 Å². The first kappa shape index (κ1) is 24.4. The maximum Gasteiger partial charge on any atom is 0.312 e. The molecule has 0 radical (unpaired) electrons. The van der Waals surface area contributed by atoms with E-state index in [4.69, 9.17) is 9.47 Å². The fraction of sp³-hybridized carbons (Fsp3) is 0.407. The molecule has 184 valence electrons. The van der Waals surface area contributed by atoms with Crippen molar-refractivity contribution in [3.63, 3.8) is 0 Å².